The molecule has 3 amide bonds. The number of alkyl halides is 1. The SMILES string of the molecule is CCC(C)C.CCCC(C)NC.COC(=O)NC(C(=O)N1C[C@H](CCCl)CC1C=O)C1CCCCCC1.NC(=O)C=O. The molecule has 1 saturated heterocycles. The van der Waals surface area contributed by atoms with Crippen molar-refractivity contribution in [3.05, 3.63) is 0 Å². The van der Waals surface area contributed by atoms with E-state index in [1.54, 1.807) is 4.90 Å². The van der Waals surface area contributed by atoms with Gasteiger partial charge < -0.3 is 30.8 Å². The van der Waals surface area contributed by atoms with E-state index in [1.807, 2.05) is 7.05 Å². The summed E-state index contributed by atoms with van der Waals surface area (Å²) in [5.41, 5.74) is 4.28. The van der Waals surface area contributed by atoms with Gasteiger partial charge in [0.15, 0.2) is 0 Å². The molecule has 10 nitrogen and oxygen atoms in total. The third-order valence-corrected chi connectivity index (χ3v) is 7.85. The van der Waals surface area contributed by atoms with E-state index < -0.39 is 24.1 Å². The van der Waals surface area contributed by atoms with Crippen LogP contribution in [-0.2, 0) is 23.9 Å². The quantitative estimate of drug-likeness (QED) is 0.130. The third-order valence-electron chi connectivity index (χ3n) is 7.63. The van der Waals surface area contributed by atoms with E-state index >= 15 is 0 Å². The molecule has 2 rings (SSSR count). The van der Waals surface area contributed by atoms with Gasteiger partial charge >= 0.3 is 6.09 Å². The lowest BCUT2D eigenvalue weighted by molar-refractivity contribution is -0.137. The Hall–Kier alpha value is -2.20. The average Bonchev–Trinajstić information content (AvgIpc) is 3.20. The summed E-state index contributed by atoms with van der Waals surface area (Å²) >= 11 is 5.82. The molecule has 0 aromatic rings. The maximum absolute atomic E-state index is 13.2. The smallest absolute Gasteiger partial charge is 0.407 e. The predicted octanol–water partition coefficient (Wildman–Crippen LogP) is 4.84. The first kappa shape index (κ1) is 41.9. The van der Waals surface area contributed by atoms with Gasteiger partial charge in [0.2, 0.25) is 12.2 Å². The molecule has 1 aliphatic heterocycles. The number of nitrogens with zero attached hydrogens (tertiary/aromatic N) is 1. The molecule has 0 bridgehead atoms. The minimum Gasteiger partial charge on any atom is -0.453 e. The highest BCUT2D eigenvalue weighted by Gasteiger charge is 2.40. The van der Waals surface area contributed by atoms with E-state index in [2.05, 4.69) is 51.0 Å². The summed E-state index contributed by atoms with van der Waals surface area (Å²) in [7, 11) is 3.30. The topological polar surface area (TPSA) is 148 Å². The lowest BCUT2D eigenvalue weighted by atomic mass is 9.90. The first-order chi connectivity index (χ1) is 19.9. The van der Waals surface area contributed by atoms with Crippen LogP contribution in [-0.4, -0.2) is 80.1 Å². The van der Waals surface area contributed by atoms with Gasteiger partial charge in [-0.15, -0.1) is 11.6 Å². The van der Waals surface area contributed by atoms with Crippen molar-refractivity contribution in [2.75, 3.05) is 26.6 Å². The van der Waals surface area contributed by atoms with Gasteiger partial charge in [-0.2, -0.15) is 0 Å². The Bertz CT molecular complexity index is 747. The summed E-state index contributed by atoms with van der Waals surface area (Å²) in [5, 5.41) is 5.90. The summed E-state index contributed by atoms with van der Waals surface area (Å²) in [4.78, 5) is 56.3. The molecule has 2 fully saturated rings. The van der Waals surface area contributed by atoms with Crippen molar-refractivity contribution in [3.63, 3.8) is 0 Å². The number of nitrogens with two attached hydrogens (primary N) is 1. The Morgan fingerprint density at radius 1 is 1.07 bits per heavy atom. The largest absolute Gasteiger partial charge is 0.453 e. The summed E-state index contributed by atoms with van der Waals surface area (Å²) in [6, 6.07) is -0.346. The van der Waals surface area contributed by atoms with Gasteiger partial charge in [-0.3, -0.25) is 14.4 Å². The first-order valence-corrected chi connectivity index (χ1v) is 16.1. The Morgan fingerprint density at radius 2 is 1.62 bits per heavy atom. The lowest BCUT2D eigenvalue weighted by Gasteiger charge is -2.31. The van der Waals surface area contributed by atoms with Gasteiger partial charge in [-0.25, -0.2) is 4.79 Å². The zero-order chi connectivity index (χ0) is 32.5. The fraction of sp³-hybridized carbons (Fsp3) is 0.839. The van der Waals surface area contributed by atoms with Crippen LogP contribution in [0.25, 0.3) is 0 Å². The number of halogens is 1. The summed E-state index contributed by atoms with van der Waals surface area (Å²) in [6.45, 7) is 11.6. The van der Waals surface area contributed by atoms with Gasteiger partial charge in [0.1, 0.15) is 12.3 Å². The van der Waals surface area contributed by atoms with E-state index in [9.17, 15) is 19.2 Å². The molecule has 0 radical (unpaired) electrons. The van der Waals surface area contributed by atoms with Crippen LogP contribution >= 0.6 is 11.6 Å². The zero-order valence-electron chi connectivity index (χ0n) is 27.2. The second kappa shape index (κ2) is 26.4. The number of hydrogen-bond donors (Lipinski definition) is 3. The van der Waals surface area contributed by atoms with E-state index in [1.165, 1.54) is 26.4 Å². The fourth-order valence-electron chi connectivity index (χ4n) is 4.67. The Labute approximate surface area is 259 Å². The van der Waals surface area contributed by atoms with Crippen LogP contribution in [0.15, 0.2) is 0 Å². The molecule has 1 heterocycles. The minimum atomic E-state index is -0.926. The van der Waals surface area contributed by atoms with E-state index in [4.69, 9.17) is 21.1 Å². The average molecular weight is 619 g/mol. The summed E-state index contributed by atoms with van der Waals surface area (Å²) in [6.07, 6.45) is 11.9. The summed E-state index contributed by atoms with van der Waals surface area (Å²) in [5.74, 6) is 0.648. The van der Waals surface area contributed by atoms with Crippen molar-refractivity contribution in [3.8, 4) is 0 Å². The van der Waals surface area contributed by atoms with Crippen LogP contribution in [0.2, 0.25) is 0 Å². The molecule has 4 N–H and O–H groups in total. The fourth-order valence-corrected chi connectivity index (χ4v) is 4.98. The second-order valence-corrected chi connectivity index (χ2v) is 11.8. The molecular weight excluding hydrogens is 560 g/mol. The molecule has 246 valence electrons. The molecular formula is C31H59ClN4O6. The molecule has 3 unspecified atom stereocenters. The standard InChI is InChI=1S/C18H29ClN2O4.C6H15N.C5H12.C2H3NO2/c1-25-18(24)20-16(14-6-4-2-3-5-7-14)17(23)21-11-13(8-9-19)10-15(21)12-22;1-4-5-6(2)7-3;1-4-5(2)3;3-2(5)1-4/h12-16H,2-11H2,1H3,(H,20,24);6-7H,4-5H2,1-3H3;5H,4H2,1-3H3;1H,(H2,3,5)/t13-,15?,16?;;;/m1.../s1. The number of likely N-dealkylation sites (tertiary alicyclic amines) is 1. The van der Waals surface area contributed by atoms with E-state index in [-0.39, 0.29) is 24.0 Å². The monoisotopic (exact) mass is 618 g/mol. The van der Waals surface area contributed by atoms with Gasteiger partial charge in [0, 0.05) is 18.5 Å². The van der Waals surface area contributed by atoms with Crippen LogP contribution in [0.5, 0.6) is 0 Å². The van der Waals surface area contributed by atoms with Crippen molar-refractivity contribution >= 4 is 42.1 Å². The van der Waals surface area contributed by atoms with Gasteiger partial charge in [0.25, 0.3) is 5.91 Å². The third kappa shape index (κ3) is 19.8. The Kier molecular flexibility index (Phi) is 26.4. The van der Waals surface area contributed by atoms with Gasteiger partial charge in [0.05, 0.1) is 13.2 Å². The van der Waals surface area contributed by atoms with Crippen LogP contribution in [0.1, 0.15) is 105 Å². The highest BCUT2D eigenvalue weighted by molar-refractivity contribution is 6.22. The Morgan fingerprint density at radius 3 is 1.98 bits per heavy atom. The number of alkyl carbamates (subject to hydrolysis) is 1. The molecule has 0 aromatic carbocycles. The van der Waals surface area contributed by atoms with Crippen LogP contribution in [0.4, 0.5) is 4.79 Å². The first-order valence-electron chi connectivity index (χ1n) is 15.5. The van der Waals surface area contributed by atoms with Crippen molar-refractivity contribution in [1.29, 1.82) is 0 Å². The number of methoxy groups -OCH3 is 1. The molecule has 0 spiro atoms. The van der Waals surface area contributed by atoms with Gasteiger partial charge in [-0.05, 0) is 63.8 Å². The minimum absolute atomic E-state index is 0.0556. The molecule has 42 heavy (non-hydrogen) atoms. The molecule has 2 aliphatic rings. The number of aldehydes is 2. The van der Waals surface area contributed by atoms with Crippen molar-refractivity contribution in [2.45, 2.75) is 123 Å². The highest BCUT2D eigenvalue weighted by Crippen LogP contribution is 2.30. The number of amides is 3. The number of hydrogen-bond acceptors (Lipinski definition) is 7. The van der Waals surface area contributed by atoms with Crippen LogP contribution in [0, 0.1) is 17.8 Å². The molecule has 0 aromatic heterocycles. The molecule has 4 atom stereocenters. The molecule has 1 saturated carbocycles. The van der Waals surface area contributed by atoms with Gasteiger partial charge in [-0.1, -0.05) is 66.2 Å². The second-order valence-electron chi connectivity index (χ2n) is 11.4. The predicted molar refractivity (Wildman–Crippen MR) is 169 cm³/mol. The molecule has 11 heteroatoms. The van der Waals surface area contributed by atoms with E-state index in [0.717, 1.165) is 57.1 Å². The van der Waals surface area contributed by atoms with E-state index in [0.29, 0.717) is 24.9 Å². The number of ether oxygens (including phenoxy) is 1. The number of rotatable bonds is 11. The van der Waals surface area contributed by atoms with Crippen LogP contribution < -0.4 is 16.4 Å². The van der Waals surface area contributed by atoms with Crippen molar-refractivity contribution < 1.29 is 28.7 Å². The van der Waals surface area contributed by atoms with Crippen LogP contribution in [0.3, 0.4) is 0 Å². The maximum Gasteiger partial charge on any atom is 0.407 e. The lowest BCUT2D eigenvalue weighted by Crippen LogP contribution is -2.53. The number of nitrogens with one attached hydrogen (secondary N) is 2. The van der Waals surface area contributed by atoms with Crippen molar-refractivity contribution in [1.82, 2.24) is 15.5 Å². The number of carbonyl (C=O) groups is 5. The normalized spacial score (nSPS) is 19.7. The zero-order valence-corrected chi connectivity index (χ0v) is 27.9. The number of primary amides is 1. The van der Waals surface area contributed by atoms with Crippen molar-refractivity contribution in [2.24, 2.45) is 23.5 Å². The number of carbonyl (C=O) groups excluding carboxylic acids is 5. The maximum atomic E-state index is 13.2. The summed E-state index contributed by atoms with van der Waals surface area (Å²) < 4.78 is 4.72. The highest BCUT2D eigenvalue weighted by atomic mass is 35.5. The molecule has 1 aliphatic carbocycles. The Balaban J connectivity index is 0.